The Hall–Kier alpha value is -0.970. The number of hydrogen-bond acceptors (Lipinski definition) is 3. The normalized spacial score (nSPS) is 26.7. The zero-order valence-electron chi connectivity index (χ0n) is 8.62. The minimum absolute atomic E-state index is 0.0635. The lowest BCUT2D eigenvalue weighted by molar-refractivity contribution is -0.100. The number of likely N-dealkylation sites (tertiary alicyclic amines) is 1. The molecule has 1 aromatic rings. The lowest BCUT2D eigenvalue weighted by Crippen LogP contribution is -2.45. The van der Waals surface area contributed by atoms with Gasteiger partial charge in [0.15, 0.2) is 0 Å². The maximum atomic E-state index is 13.2. The zero-order chi connectivity index (χ0) is 10.9. The second-order valence-corrected chi connectivity index (χ2v) is 4.14. The Morgan fingerprint density at radius 2 is 2.47 bits per heavy atom. The van der Waals surface area contributed by atoms with Crippen LogP contribution in [0.1, 0.15) is 19.0 Å². The molecule has 0 amide bonds. The van der Waals surface area contributed by atoms with Crippen LogP contribution in [-0.4, -0.2) is 29.1 Å². The van der Waals surface area contributed by atoms with Crippen LogP contribution in [0.2, 0.25) is 0 Å². The third kappa shape index (κ3) is 2.34. The zero-order valence-corrected chi connectivity index (χ0v) is 8.62. The summed E-state index contributed by atoms with van der Waals surface area (Å²) in [5, 5.41) is 3.77. The van der Waals surface area contributed by atoms with E-state index >= 15 is 0 Å². The van der Waals surface area contributed by atoms with E-state index in [-0.39, 0.29) is 6.42 Å². The van der Waals surface area contributed by atoms with Gasteiger partial charge in [-0.1, -0.05) is 12.1 Å². The lowest BCUT2D eigenvalue weighted by Gasteiger charge is -2.36. The van der Waals surface area contributed by atoms with Crippen molar-refractivity contribution < 1.29 is 13.3 Å². The third-order valence-corrected chi connectivity index (χ3v) is 2.89. The van der Waals surface area contributed by atoms with Crippen molar-refractivity contribution in [1.29, 1.82) is 0 Å². The molecule has 15 heavy (non-hydrogen) atoms. The smallest absolute Gasteiger partial charge is 0.253 e. The highest BCUT2D eigenvalue weighted by atomic mass is 19.3. The van der Waals surface area contributed by atoms with Crippen molar-refractivity contribution in [3.63, 3.8) is 0 Å². The van der Waals surface area contributed by atoms with Crippen LogP contribution >= 0.6 is 0 Å². The molecule has 84 valence electrons. The Balaban J connectivity index is 1.92. The van der Waals surface area contributed by atoms with Crippen molar-refractivity contribution in [3.8, 4) is 0 Å². The van der Waals surface area contributed by atoms with E-state index in [2.05, 4.69) is 5.16 Å². The van der Waals surface area contributed by atoms with Gasteiger partial charge >= 0.3 is 0 Å². The highest BCUT2D eigenvalue weighted by Crippen LogP contribution is 2.33. The standard InChI is InChI=1S/C10H14F2N2O/c1-8-6-14(4-3-10(8,11)12)7-9-2-5-15-13-9/h2,5,8H,3-4,6-7H2,1H3/t8-/m1/s1. The van der Waals surface area contributed by atoms with E-state index < -0.39 is 11.8 Å². The topological polar surface area (TPSA) is 29.3 Å². The van der Waals surface area contributed by atoms with E-state index in [9.17, 15) is 8.78 Å². The first-order valence-corrected chi connectivity index (χ1v) is 5.07. The monoisotopic (exact) mass is 216 g/mol. The molecule has 2 rings (SSSR count). The molecule has 0 unspecified atom stereocenters. The molecule has 1 aliphatic heterocycles. The molecule has 0 spiro atoms. The highest BCUT2D eigenvalue weighted by Gasteiger charge is 2.40. The number of rotatable bonds is 2. The van der Waals surface area contributed by atoms with Gasteiger partial charge in [0, 0.05) is 38.0 Å². The second-order valence-electron chi connectivity index (χ2n) is 4.14. The van der Waals surface area contributed by atoms with E-state index in [1.165, 1.54) is 6.26 Å². The molecule has 0 aliphatic carbocycles. The summed E-state index contributed by atoms with van der Waals surface area (Å²) < 4.78 is 31.1. The summed E-state index contributed by atoms with van der Waals surface area (Å²) in [5.41, 5.74) is 0.799. The Morgan fingerprint density at radius 3 is 3.07 bits per heavy atom. The molecular formula is C10H14F2N2O. The van der Waals surface area contributed by atoms with E-state index in [0.717, 1.165) is 5.69 Å². The number of piperidine rings is 1. The first-order valence-electron chi connectivity index (χ1n) is 5.07. The Bertz CT molecular complexity index is 313. The van der Waals surface area contributed by atoms with E-state index in [1.807, 2.05) is 4.90 Å². The summed E-state index contributed by atoms with van der Waals surface area (Å²) in [6, 6.07) is 1.76. The minimum Gasteiger partial charge on any atom is -0.364 e. The first kappa shape index (κ1) is 10.5. The number of alkyl halides is 2. The summed E-state index contributed by atoms with van der Waals surface area (Å²) in [6.07, 6.45) is 1.43. The fourth-order valence-electron chi connectivity index (χ4n) is 1.86. The number of hydrogen-bond donors (Lipinski definition) is 0. The molecular weight excluding hydrogens is 202 g/mol. The summed E-state index contributed by atoms with van der Waals surface area (Å²) in [7, 11) is 0. The van der Waals surface area contributed by atoms with Crippen molar-refractivity contribution in [2.75, 3.05) is 13.1 Å². The molecule has 1 fully saturated rings. The summed E-state index contributed by atoms with van der Waals surface area (Å²) in [6.45, 7) is 3.02. The van der Waals surface area contributed by atoms with Crippen LogP contribution in [-0.2, 0) is 6.54 Å². The van der Waals surface area contributed by atoms with Gasteiger partial charge in [0.1, 0.15) is 6.26 Å². The Kier molecular flexibility index (Phi) is 2.73. The number of nitrogens with zero attached hydrogens (tertiary/aromatic N) is 2. The molecule has 1 saturated heterocycles. The van der Waals surface area contributed by atoms with Crippen LogP contribution in [0.3, 0.4) is 0 Å². The van der Waals surface area contributed by atoms with Crippen LogP contribution in [0, 0.1) is 5.92 Å². The number of halogens is 2. The van der Waals surface area contributed by atoms with Crippen LogP contribution < -0.4 is 0 Å². The Labute approximate surface area is 87.0 Å². The van der Waals surface area contributed by atoms with Crippen molar-refractivity contribution in [2.24, 2.45) is 5.92 Å². The summed E-state index contributed by atoms with van der Waals surface area (Å²) >= 11 is 0. The van der Waals surface area contributed by atoms with E-state index in [1.54, 1.807) is 13.0 Å². The number of aromatic nitrogens is 1. The molecule has 0 N–H and O–H groups in total. The van der Waals surface area contributed by atoms with Crippen LogP contribution in [0.25, 0.3) is 0 Å². The van der Waals surface area contributed by atoms with Gasteiger partial charge in [-0.05, 0) is 0 Å². The largest absolute Gasteiger partial charge is 0.364 e. The van der Waals surface area contributed by atoms with Crippen LogP contribution in [0.5, 0.6) is 0 Å². The summed E-state index contributed by atoms with van der Waals surface area (Å²) in [5.74, 6) is -3.10. The molecule has 0 aromatic carbocycles. The Morgan fingerprint density at radius 1 is 1.67 bits per heavy atom. The third-order valence-electron chi connectivity index (χ3n) is 2.89. The first-order chi connectivity index (χ1) is 7.08. The molecule has 1 atom stereocenters. The maximum absolute atomic E-state index is 13.2. The van der Waals surface area contributed by atoms with Crippen molar-refractivity contribution in [3.05, 3.63) is 18.0 Å². The average Bonchev–Trinajstić information content (AvgIpc) is 2.65. The molecule has 3 nitrogen and oxygen atoms in total. The molecule has 0 radical (unpaired) electrons. The molecule has 0 saturated carbocycles. The molecule has 0 bridgehead atoms. The van der Waals surface area contributed by atoms with E-state index in [4.69, 9.17) is 4.52 Å². The fourth-order valence-corrected chi connectivity index (χ4v) is 1.86. The SMILES string of the molecule is C[C@@H]1CN(Cc2ccon2)CCC1(F)F. The van der Waals surface area contributed by atoms with Crippen molar-refractivity contribution >= 4 is 0 Å². The van der Waals surface area contributed by atoms with Crippen molar-refractivity contribution in [1.82, 2.24) is 10.1 Å². The van der Waals surface area contributed by atoms with Gasteiger partial charge in [-0.3, -0.25) is 4.90 Å². The van der Waals surface area contributed by atoms with Gasteiger partial charge in [0.2, 0.25) is 0 Å². The van der Waals surface area contributed by atoms with Crippen molar-refractivity contribution in [2.45, 2.75) is 25.8 Å². The van der Waals surface area contributed by atoms with Gasteiger partial charge in [0.05, 0.1) is 5.69 Å². The summed E-state index contributed by atoms with van der Waals surface area (Å²) in [4.78, 5) is 1.99. The quantitative estimate of drug-likeness (QED) is 0.758. The van der Waals surface area contributed by atoms with Gasteiger partial charge < -0.3 is 4.52 Å². The lowest BCUT2D eigenvalue weighted by atomic mass is 9.95. The fraction of sp³-hybridized carbons (Fsp3) is 0.700. The second kappa shape index (κ2) is 3.89. The van der Waals surface area contributed by atoms with Gasteiger partial charge in [0.25, 0.3) is 5.92 Å². The van der Waals surface area contributed by atoms with Gasteiger partial charge in [-0.2, -0.15) is 0 Å². The molecule has 5 heteroatoms. The van der Waals surface area contributed by atoms with Crippen LogP contribution in [0.15, 0.2) is 16.9 Å². The minimum atomic E-state index is -2.51. The van der Waals surface area contributed by atoms with Gasteiger partial charge in [-0.25, -0.2) is 8.78 Å². The highest BCUT2D eigenvalue weighted by molar-refractivity contribution is 4.96. The molecule has 1 aromatic heterocycles. The van der Waals surface area contributed by atoms with Crippen LogP contribution in [0.4, 0.5) is 8.78 Å². The predicted octanol–water partition coefficient (Wildman–Crippen LogP) is 2.15. The molecule has 1 aliphatic rings. The maximum Gasteiger partial charge on any atom is 0.253 e. The molecule has 2 heterocycles. The predicted molar refractivity (Wildman–Crippen MR) is 50.5 cm³/mol. The van der Waals surface area contributed by atoms with Gasteiger partial charge in [-0.15, -0.1) is 0 Å². The average molecular weight is 216 g/mol. The van der Waals surface area contributed by atoms with E-state index in [0.29, 0.717) is 19.6 Å².